The molecule has 0 amide bonds. The molecule has 0 atom stereocenters. The molecule has 0 fully saturated rings. The van der Waals surface area contributed by atoms with E-state index in [9.17, 15) is 0 Å². The van der Waals surface area contributed by atoms with Gasteiger partial charge >= 0.3 is 0 Å². The van der Waals surface area contributed by atoms with Gasteiger partial charge in [0.05, 0.1) is 0 Å². The normalized spacial score (nSPS) is 15.3. The summed E-state index contributed by atoms with van der Waals surface area (Å²) in [5.41, 5.74) is 3.91. The number of rotatable bonds is 2. The Morgan fingerprint density at radius 2 is 1.58 bits per heavy atom. The molecule has 0 spiro atoms. The van der Waals surface area contributed by atoms with Gasteiger partial charge in [0.15, 0.2) is 0 Å². The number of benzene rings is 2. The van der Waals surface area contributed by atoms with E-state index in [1.54, 1.807) is 0 Å². The minimum atomic E-state index is 0.756. The summed E-state index contributed by atoms with van der Waals surface area (Å²) in [7, 11) is 0. The van der Waals surface area contributed by atoms with Crippen molar-refractivity contribution < 1.29 is 0 Å². The van der Waals surface area contributed by atoms with Gasteiger partial charge in [0.1, 0.15) is 0 Å². The first-order chi connectivity index (χ1) is 9.24. The van der Waals surface area contributed by atoms with Crippen molar-refractivity contribution in [3.8, 4) is 0 Å². The molecule has 1 aliphatic heterocycles. The highest BCUT2D eigenvalue weighted by molar-refractivity contribution is 6.35. The van der Waals surface area contributed by atoms with Crippen LogP contribution in [0.3, 0.4) is 0 Å². The SMILES string of the molecule is Clc1cccc(Cl)c1CN1CCc2ccccc2C1. The maximum absolute atomic E-state index is 6.24. The third kappa shape index (κ3) is 2.79. The molecule has 19 heavy (non-hydrogen) atoms. The van der Waals surface area contributed by atoms with E-state index in [-0.39, 0.29) is 0 Å². The van der Waals surface area contributed by atoms with Crippen molar-refractivity contribution in [3.05, 3.63) is 69.2 Å². The molecular weight excluding hydrogens is 277 g/mol. The van der Waals surface area contributed by atoms with Gasteiger partial charge in [-0.1, -0.05) is 53.5 Å². The molecule has 3 rings (SSSR count). The van der Waals surface area contributed by atoms with Gasteiger partial charge in [0.2, 0.25) is 0 Å². The first-order valence-electron chi connectivity index (χ1n) is 6.46. The Balaban J connectivity index is 1.79. The second-order valence-corrected chi connectivity index (χ2v) is 5.74. The fourth-order valence-corrected chi connectivity index (χ4v) is 3.11. The first-order valence-corrected chi connectivity index (χ1v) is 7.21. The Hall–Kier alpha value is -1.02. The third-order valence-electron chi connectivity index (χ3n) is 3.65. The van der Waals surface area contributed by atoms with Crippen LogP contribution in [0.2, 0.25) is 10.0 Å². The van der Waals surface area contributed by atoms with E-state index in [4.69, 9.17) is 23.2 Å². The summed E-state index contributed by atoms with van der Waals surface area (Å²) in [5, 5.41) is 1.51. The molecule has 0 bridgehead atoms. The molecular formula is C16H15Cl2N. The minimum Gasteiger partial charge on any atom is -0.294 e. The lowest BCUT2D eigenvalue weighted by Gasteiger charge is -2.29. The van der Waals surface area contributed by atoms with E-state index in [0.29, 0.717) is 0 Å². The van der Waals surface area contributed by atoms with Crippen molar-refractivity contribution in [2.75, 3.05) is 6.54 Å². The van der Waals surface area contributed by atoms with Crippen molar-refractivity contribution in [1.29, 1.82) is 0 Å². The summed E-state index contributed by atoms with van der Waals surface area (Å²) in [6, 6.07) is 14.3. The highest BCUT2D eigenvalue weighted by Gasteiger charge is 2.17. The van der Waals surface area contributed by atoms with E-state index in [0.717, 1.165) is 41.7 Å². The van der Waals surface area contributed by atoms with Gasteiger partial charge in [-0.05, 0) is 29.7 Å². The summed E-state index contributed by atoms with van der Waals surface area (Å²) in [5.74, 6) is 0. The molecule has 0 saturated heterocycles. The quantitative estimate of drug-likeness (QED) is 0.784. The molecule has 2 aromatic rings. The minimum absolute atomic E-state index is 0.756. The Morgan fingerprint density at radius 1 is 0.895 bits per heavy atom. The van der Waals surface area contributed by atoms with E-state index in [1.807, 2.05) is 18.2 Å². The maximum atomic E-state index is 6.24. The highest BCUT2D eigenvalue weighted by atomic mass is 35.5. The van der Waals surface area contributed by atoms with Crippen molar-refractivity contribution in [1.82, 2.24) is 4.90 Å². The second kappa shape index (κ2) is 5.54. The molecule has 1 heterocycles. The molecule has 0 unspecified atom stereocenters. The van der Waals surface area contributed by atoms with Crippen LogP contribution in [0.1, 0.15) is 16.7 Å². The van der Waals surface area contributed by atoms with Gasteiger partial charge in [-0.25, -0.2) is 0 Å². The van der Waals surface area contributed by atoms with Gasteiger partial charge < -0.3 is 0 Å². The summed E-state index contributed by atoms with van der Waals surface area (Å²) >= 11 is 12.5. The fraction of sp³-hybridized carbons (Fsp3) is 0.250. The van der Waals surface area contributed by atoms with Crippen LogP contribution in [-0.2, 0) is 19.5 Å². The Morgan fingerprint density at radius 3 is 2.32 bits per heavy atom. The summed E-state index contributed by atoms with van der Waals surface area (Å²) in [6.45, 7) is 2.84. The largest absolute Gasteiger partial charge is 0.294 e. The first kappa shape index (κ1) is 13.0. The van der Waals surface area contributed by atoms with Gasteiger partial charge in [-0.2, -0.15) is 0 Å². The zero-order valence-corrected chi connectivity index (χ0v) is 12.1. The van der Waals surface area contributed by atoms with Gasteiger partial charge in [0.25, 0.3) is 0 Å². The van der Waals surface area contributed by atoms with Crippen LogP contribution in [0.25, 0.3) is 0 Å². The van der Waals surface area contributed by atoms with E-state index in [1.165, 1.54) is 11.1 Å². The molecule has 0 aliphatic carbocycles. The van der Waals surface area contributed by atoms with Crippen molar-refractivity contribution in [2.45, 2.75) is 19.5 Å². The van der Waals surface area contributed by atoms with Gasteiger partial charge in [0, 0.05) is 35.2 Å². The van der Waals surface area contributed by atoms with E-state index >= 15 is 0 Å². The fourth-order valence-electron chi connectivity index (χ4n) is 2.60. The molecule has 2 aromatic carbocycles. The van der Waals surface area contributed by atoms with Crippen molar-refractivity contribution >= 4 is 23.2 Å². The molecule has 0 aromatic heterocycles. The molecule has 98 valence electrons. The molecule has 1 aliphatic rings. The van der Waals surface area contributed by atoms with Crippen LogP contribution in [0, 0.1) is 0 Å². The lowest BCUT2D eigenvalue weighted by molar-refractivity contribution is 0.245. The third-order valence-corrected chi connectivity index (χ3v) is 4.36. The summed E-state index contributed by atoms with van der Waals surface area (Å²) in [6.07, 6.45) is 1.10. The molecule has 0 radical (unpaired) electrons. The predicted octanol–water partition coefficient (Wildman–Crippen LogP) is 4.55. The topological polar surface area (TPSA) is 3.24 Å². The molecule has 0 N–H and O–H groups in total. The monoisotopic (exact) mass is 291 g/mol. The van der Waals surface area contributed by atoms with Crippen LogP contribution in [0.5, 0.6) is 0 Å². The number of halogens is 2. The molecule has 0 saturated carbocycles. The standard InChI is InChI=1S/C16H15Cl2N/c17-15-6-3-7-16(18)14(15)11-19-9-8-12-4-1-2-5-13(12)10-19/h1-7H,8-11H2. The average molecular weight is 292 g/mol. The van der Waals surface area contributed by atoms with Gasteiger partial charge in [-0.15, -0.1) is 0 Å². The zero-order valence-electron chi connectivity index (χ0n) is 10.6. The Bertz CT molecular complexity index is 575. The van der Waals surface area contributed by atoms with Crippen LogP contribution in [0.15, 0.2) is 42.5 Å². The van der Waals surface area contributed by atoms with Crippen LogP contribution in [-0.4, -0.2) is 11.4 Å². The Kier molecular flexibility index (Phi) is 3.79. The number of fused-ring (bicyclic) bond motifs is 1. The molecule has 1 nitrogen and oxygen atoms in total. The van der Waals surface area contributed by atoms with E-state index < -0.39 is 0 Å². The van der Waals surface area contributed by atoms with Crippen molar-refractivity contribution in [2.24, 2.45) is 0 Å². The maximum Gasteiger partial charge on any atom is 0.0465 e. The highest BCUT2D eigenvalue weighted by Crippen LogP contribution is 2.28. The van der Waals surface area contributed by atoms with Crippen LogP contribution >= 0.6 is 23.2 Å². The van der Waals surface area contributed by atoms with E-state index in [2.05, 4.69) is 29.2 Å². The average Bonchev–Trinajstić information content (AvgIpc) is 2.43. The zero-order chi connectivity index (χ0) is 13.2. The van der Waals surface area contributed by atoms with Crippen LogP contribution in [0.4, 0.5) is 0 Å². The predicted molar refractivity (Wildman–Crippen MR) is 80.7 cm³/mol. The summed E-state index contributed by atoms with van der Waals surface area (Å²) in [4.78, 5) is 2.40. The summed E-state index contributed by atoms with van der Waals surface area (Å²) < 4.78 is 0. The number of hydrogen-bond donors (Lipinski definition) is 0. The van der Waals surface area contributed by atoms with Crippen LogP contribution < -0.4 is 0 Å². The molecule has 3 heteroatoms. The smallest absolute Gasteiger partial charge is 0.0465 e. The second-order valence-electron chi connectivity index (χ2n) is 4.93. The lowest BCUT2D eigenvalue weighted by Crippen LogP contribution is -2.30. The van der Waals surface area contributed by atoms with Gasteiger partial charge in [-0.3, -0.25) is 4.90 Å². The Labute approximate surface area is 123 Å². The number of hydrogen-bond acceptors (Lipinski definition) is 1. The lowest BCUT2D eigenvalue weighted by atomic mass is 9.99. The number of nitrogens with zero attached hydrogens (tertiary/aromatic N) is 1. The van der Waals surface area contributed by atoms with Crippen molar-refractivity contribution in [3.63, 3.8) is 0 Å².